The van der Waals surface area contributed by atoms with E-state index in [1.807, 2.05) is 6.92 Å². The summed E-state index contributed by atoms with van der Waals surface area (Å²) in [5.74, 6) is -0.794. The van der Waals surface area contributed by atoms with Crippen molar-refractivity contribution in [2.75, 3.05) is 13.2 Å². The molecule has 1 saturated heterocycles. The molecule has 0 spiro atoms. The van der Waals surface area contributed by atoms with Crippen LogP contribution in [0.4, 0.5) is 0 Å². The Labute approximate surface area is 87.1 Å². The standard InChI is InChI=1S/C10H13NO4/c1-10(3-2-4-14-6-10)7-5-11-8(15-7)9(12)13/h5H,2-4,6H2,1H3,(H,12,13). The normalized spacial score (nSPS) is 26.5. The van der Waals surface area contributed by atoms with Gasteiger partial charge in [0, 0.05) is 6.61 Å². The number of nitrogens with zero attached hydrogens (tertiary/aromatic N) is 1. The third kappa shape index (κ3) is 1.87. The largest absolute Gasteiger partial charge is 0.474 e. The molecule has 0 bridgehead atoms. The number of carboxylic acid groups (broad SMARTS) is 1. The maximum absolute atomic E-state index is 10.6. The van der Waals surface area contributed by atoms with E-state index in [0.29, 0.717) is 12.4 Å². The van der Waals surface area contributed by atoms with Crippen LogP contribution in [0.5, 0.6) is 0 Å². The first-order chi connectivity index (χ1) is 7.12. The molecule has 1 N–H and O–H groups in total. The van der Waals surface area contributed by atoms with Crippen molar-refractivity contribution in [1.29, 1.82) is 0 Å². The van der Waals surface area contributed by atoms with Crippen LogP contribution in [0.25, 0.3) is 0 Å². The van der Waals surface area contributed by atoms with Crippen molar-refractivity contribution < 1.29 is 19.1 Å². The van der Waals surface area contributed by atoms with Gasteiger partial charge in [-0.05, 0) is 12.8 Å². The number of hydrogen-bond donors (Lipinski definition) is 1. The summed E-state index contributed by atoms with van der Waals surface area (Å²) in [5, 5.41) is 8.69. The van der Waals surface area contributed by atoms with Crippen molar-refractivity contribution in [3.05, 3.63) is 17.8 Å². The number of aromatic nitrogens is 1. The van der Waals surface area contributed by atoms with Crippen LogP contribution in [-0.2, 0) is 10.2 Å². The average molecular weight is 211 g/mol. The lowest BCUT2D eigenvalue weighted by Crippen LogP contribution is -2.32. The molecule has 5 nitrogen and oxygen atoms in total. The lowest BCUT2D eigenvalue weighted by Gasteiger charge is -2.30. The first-order valence-electron chi connectivity index (χ1n) is 4.89. The molecule has 1 atom stereocenters. The molecule has 2 heterocycles. The molecule has 0 amide bonds. The van der Waals surface area contributed by atoms with Crippen molar-refractivity contribution in [2.24, 2.45) is 0 Å². The van der Waals surface area contributed by atoms with Crippen molar-refractivity contribution in [2.45, 2.75) is 25.2 Å². The minimum atomic E-state index is -1.14. The number of rotatable bonds is 2. The zero-order chi connectivity index (χ0) is 10.9. The Morgan fingerprint density at radius 1 is 1.67 bits per heavy atom. The van der Waals surface area contributed by atoms with Gasteiger partial charge in [0.25, 0.3) is 0 Å². The van der Waals surface area contributed by atoms with Crippen molar-refractivity contribution in [3.63, 3.8) is 0 Å². The monoisotopic (exact) mass is 211 g/mol. The zero-order valence-electron chi connectivity index (χ0n) is 8.52. The predicted molar refractivity (Wildman–Crippen MR) is 50.9 cm³/mol. The van der Waals surface area contributed by atoms with Crippen LogP contribution < -0.4 is 0 Å². The third-order valence-corrected chi connectivity index (χ3v) is 2.72. The summed E-state index contributed by atoms with van der Waals surface area (Å²) in [6, 6.07) is 0. The van der Waals surface area contributed by atoms with Gasteiger partial charge in [-0.1, -0.05) is 6.92 Å². The molecule has 2 rings (SSSR count). The van der Waals surface area contributed by atoms with Gasteiger partial charge >= 0.3 is 11.9 Å². The molecular weight excluding hydrogens is 198 g/mol. The molecule has 0 saturated carbocycles. The number of hydrogen-bond acceptors (Lipinski definition) is 4. The predicted octanol–water partition coefficient (Wildman–Crippen LogP) is 1.44. The third-order valence-electron chi connectivity index (χ3n) is 2.72. The topological polar surface area (TPSA) is 72.6 Å². The fourth-order valence-corrected chi connectivity index (χ4v) is 1.78. The van der Waals surface area contributed by atoms with Gasteiger partial charge in [-0.2, -0.15) is 0 Å². The van der Waals surface area contributed by atoms with E-state index in [2.05, 4.69) is 4.98 Å². The van der Waals surface area contributed by atoms with Crippen molar-refractivity contribution in [3.8, 4) is 0 Å². The summed E-state index contributed by atoms with van der Waals surface area (Å²) in [7, 11) is 0. The summed E-state index contributed by atoms with van der Waals surface area (Å²) in [5.41, 5.74) is -0.237. The quantitative estimate of drug-likeness (QED) is 0.801. The molecule has 0 aromatic carbocycles. The fraction of sp³-hybridized carbons (Fsp3) is 0.600. The van der Waals surface area contributed by atoms with Crippen LogP contribution >= 0.6 is 0 Å². The Morgan fingerprint density at radius 3 is 3.00 bits per heavy atom. The van der Waals surface area contributed by atoms with Crippen LogP contribution in [0.1, 0.15) is 36.2 Å². The molecule has 82 valence electrons. The van der Waals surface area contributed by atoms with E-state index >= 15 is 0 Å². The molecule has 15 heavy (non-hydrogen) atoms. The molecule has 1 fully saturated rings. The van der Waals surface area contributed by atoms with Crippen LogP contribution in [-0.4, -0.2) is 29.3 Å². The summed E-state index contributed by atoms with van der Waals surface area (Å²) < 4.78 is 10.6. The molecule has 1 aromatic rings. The Bertz CT molecular complexity index is 365. The second kappa shape index (κ2) is 3.66. The van der Waals surface area contributed by atoms with Crippen molar-refractivity contribution >= 4 is 5.97 Å². The minimum absolute atomic E-state index is 0.237. The number of aromatic carboxylic acids is 1. The molecule has 0 aliphatic carbocycles. The van der Waals surface area contributed by atoms with E-state index in [0.717, 1.165) is 19.4 Å². The van der Waals surface area contributed by atoms with E-state index in [9.17, 15) is 4.79 Å². The van der Waals surface area contributed by atoms with Gasteiger partial charge in [-0.25, -0.2) is 9.78 Å². The van der Waals surface area contributed by atoms with Gasteiger partial charge in [0.2, 0.25) is 0 Å². The average Bonchev–Trinajstić information content (AvgIpc) is 2.68. The summed E-state index contributed by atoms with van der Waals surface area (Å²) in [6.07, 6.45) is 3.37. The Kier molecular flexibility index (Phi) is 2.48. The van der Waals surface area contributed by atoms with Crippen LogP contribution in [0.2, 0.25) is 0 Å². The van der Waals surface area contributed by atoms with Crippen LogP contribution in [0, 0.1) is 0 Å². The van der Waals surface area contributed by atoms with Crippen molar-refractivity contribution in [1.82, 2.24) is 4.98 Å². The highest BCUT2D eigenvalue weighted by molar-refractivity contribution is 5.82. The molecule has 0 radical (unpaired) electrons. The van der Waals surface area contributed by atoms with Crippen LogP contribution in [0.15, 0.2) is 10.6 Å². The first kappa shape index (κ1) is 10.2. The molecule has 1 aliphatic rings. The van der Waals surface area contributed by atoms with Crippen LogP contribution in [0.3, 0.4) is 0 Å². The Hall–Kier alpha value is -1.36. The SMILES string of the molecule is CC1(c2cnc(C(=O)O)o2)CCCOC1. The number of carbonyl (C=O) groups is 1. The minimum Gasteiger partial charge on any atom is -0.474 e. The number of oxazole rings is 1. The molecule has 1 aromatic heterocycles. The number of carboxylic acids is 1. The van der Waals surface area contributed by atoms with E-state index in [4.69, 9.17) is 14.3 Å². The molecule has 1 aliphatic heterocycles. The summed E-state index contributed by atoms with van der Waals surface area (Å²) in [6.45, 7) is 3.31. The van der Waals surface area contributed by atoms with Gasteiger partial charge in [0.15, 0.2) is 0 Å². The van der Waals surface area contributed by atoms with Gasteiger partial charge < -0.3 is 14.3 Å². The maximum Gasteiger partial charge on any atom is 0.392 e. The lowest BCUT2D eigenvalue weighted by molar-refractivity contribution is 0.0317. The van der Waals surface area contributed by atoms with E-state index in [-0.39, 0.29) is 11.3 Å². The molecular formula is C10H13NO4. The highest BCUT2D eigenvalue weighted by Gasteiger charge is 2.34. The summed E-state index contributed by atoms with van der Waals surface area (Å²) >= 11 is 0. The van der Waals surface area contributed by atoms with Gasteiger partial charge in [0.1, 0.15) is 5.76 Å². The second-order valence-electron chi connectivity index (χ2n) is 4.05. The lowest BCUT2D eigenvalue weighted by atomic mass is 9.83. The van der Waals surface area contributed by atoms with E-state index in [1.165, 1.54) is 6.20 Å². The summed E-state index contributed by atoms with van der Waals surface area (Å²) in [4.78, 5) is 14.3. The highest BCUT2D eigenvalue weighted by Crippen LogP contribution is 2.32. The first-order valence-corrected chi connectivity index (χ1v) is 4.89. The Balaban J connectivity index is 2.23. The fourth-order valence-electron chi connectivity index (χ4n) is 1.78. The smallest absolute Gasteiger partial charge is 0.392 e. The highest BCUT2D eigenvalue weighted by atomic mass is 16.5. The Morgan fingerprint density at radius 2 is 2.47 bits per heavy atom. The molecule has 5 heteroatoms. The molecule has 1 unspecified atom stereocenters. The zero-order valence-corrected chi connectivity index (χ0v) is 8.52. The van der Waals surface area contributed by atoms with E-state index in [1.54, 1.807) is 0 Å². The van der Waals surface area contributed by atoms with Gasteiger partial charge in [0.05, 0.1) is 18.2 Å². The van der Waals surface area contributed by atoms with Gasteiger partial charge in [-0.15, -0.1) is 0 Å². The maximum atomic E-state index is 10.6. The van der Waals surface area contributed by atoms with Gasteiger partial charge in [-0.3, -0.25) is 0 Å². The second-order valence-corrected chi connectivity index (χ2v) is 4.05. The number of ether oxygens (including phenoxy) is 1. The van der Waals surface area contributed by atoms with E-state index < -0.39 is 5.97 Å².